The Bertz CT molecular complexity index is 605. The van der Waals surface area contributed by atoms with Crippen LogP contribution in [0.3, 0.4) is 0 Å². The van der Waals surface area contributed by atoms with Gasteiger partial charge in [-0.15, -0.1) is 0 Å². The Morgan fingerprint density at radius 2 is 1.89 bits per heavy atom. The van der Waals surface area contributed by atoms with Gasteiger partial charge in [-0.3, -0.25) is 5.84 Å². The van der Waals surface area contributed by atoms with Gasteiger partial charge in [0.15, 0.2) is 0 Å². The highest BCUT2D eigenvalue weighted by molar-refractivity contribution is 9.10. The number of hydrogen-bond donors (Lipinski definition) is 2. The molecule has 0 aliphatic rings. The van der Waals surface area contributed by atoms with E-state index >= 15 is 0 Å². The fourth-order valence-electron chi connectivity index (χ4n) is 1.83. The predicted octanol–water partition coefficient (Wildman–Crippen LogP) is 4.56. The first-order valence-corrected chi connectivity index (χ1v) is 7.36. The summed E-state index contributed by atoms with van der Waals surface area (Å²) in [6.07, 6.45) is 0. The van der Waals surface area contributed by atoms with Gasteiger partial charge < -0.3 is 0 Å². The number of hydrazine groups is 1. The molecule has 0 saturated heterocycles. The third kappa shape index (κ3) is 3.17. The topological polar surface area (TPSA) is 38.0 Å². The predicted molar refractivity (Wildman–Crippen MR) is 82.4 cm³/mol. The van der Waals surface area contributed by atoms with Gasteiger partial charge in [-0.05, 0) is 45.8 Å². The normalized spacial score (nSPS) is 12.5. The van der Waals surface area contributed by atoms with Crippen LogP contribution in [0.4, 0.5) is 4.39 Å². The van der Waals surface area contributed by atoms with Crippen molar-refractivity contribution in [2.45, 2.75) is 6.04 Å². The highest BCUT2D eigenvalue weighted by Crippen LogP contribution is 2.34. The fourth-order valence-corrected chi connectivity index (χ4v) is 2.82. The summed E-state index contributed by atoms with van der Waals surface area (Å²) in [7, 11) is 0. The van der Waals surface area contributed by atoms with Crippen molar-refractivity contribution >= 4 is 43.5 Å². The summed E-state index contributed by atoms with van der Waals surface area (Å²) in [6.45, 7) is 0. The van der Waals surface area contributed by atoms with E-state index in [4.69, 9.17) is 17.4 Å². The molecule has 0 amide bonds. The molecule has 0 saturated carbocycles. The summed E-state index contributed by atoms with van der Waals surface area (Å²) in [5, 5.41) is 0.504. The van der Waals surface area contributed by atoms with Crippen LogP contribution in [0.5, 0.6) is 0 Å². The Labute approximate surface area is 132 Å². The van der Waals surface area contributed by atoms with Crippen molar-refractivity contribution in [2.24, 2.45) is 5.84 Å². The van der Waals surface area contributed by atoms with E-state index in [9.17, 15) is 4.39 Å². The molecule has 100 valence electrons. The van der Waals surface area contributed by atoms with Crippen molar-refractivity contribution < 1.29 is 4.39 Å². The molecule has 0 bridgehead atoms. The van der Waals surface area contributed by atoms with Crippen LogP contribution in [0.1, 0.15) is 17.2 Å². The third-order valence-electron chi connectivity index (χ3n) is 2.73. The lowest BCUT2D eigenvalue weighted by molar-refractivity contribution is 0.559. The number of benzene rings is 2. The SMILES string of the molecule is NNC(c1cc(Br)ccc1F)c1cccc(Br)c1Cl. The molecule has 2 nitrogen and oxygen atoms in total. The third-order valence-corrected chi connectivity index (χ3v) is 4.53. The van der Waals surface area contributed by atoms with Gasteiger partial charge in [-0.2, -0.15) is 0 Å². The van der Waals surface area contributed by atoms with Crippen molar-refractivity contribution in [3.63, 3.8) is 0 Å². The molecule has 0 fully saturated rings. The number of rotatable bonds is 3. The Morgan fingerprint density at radius 1 is 1.16 bits per heavy atom. The average molecular weight is 408 g/mol. The van der Waals surface area contributed by atoms with Crippen molar-refractivity contribution in [1.29, 1.82) is 0 Å². The van der Waals surface area contributed by atoms with Crippen molar-refractivity contribution in [3.05, 3.63) is 67.3 Å². The summed E-state index contributed by atoms with van der Waals surface area (Å²) in [5.74, 6) is 5.22. The van der Waals surface area contributed by atoms with Crippen LogP contribution in [0, 0.1) is 5.82 Å². The van der Waals surface area contributed by atoms with E-state index in [0.717, 1.165) is 8.95 Å². The van der Waals surface area contributed by atoms with E-state index in [-0.39, 0.29) is 5.82 Å². The Kier molecular flexibility index (Phi) is 4.97. The van der Waals surface area contributed by atoms with Gasteiger partial charge in [-0.1, -0.05) is 39.7 Å². The molecule has 3 N–H and O–H groups in total. The number of hydrogen-bond acceptors (Lipinski definition) is 2. The summed E-state index contributed by atoms with van der Waals surface area (Å²) in [4.78, 5) is 0. The van der Waals surface area contributed by atoms with E-state index < -0.39 is 6.04 Å². The number of halogens is 4. The summed E-state index contributed by atoms with van der Waals surface area (Å²) in [5.41, 5.74) is 3.74. The van der Waals surface area contributed by atoms with Gasteiger partial charge in [0.05, 0.1) is 11.1 Å². The lowest BCUT2D eigenvalue weighted by Crippen LogP contribution is -2.29. The van der Waals surface area contributed by atoms with E-state index in [1.54, 1.807) is 18.2 Å². The van der Waals surface area contributed by atoms with Crippen LogP contribution in [0.2, 0.25) is 5.02 Å². The maximum absolute atomic E-state index is 14.0. The minimum absolute atomic E-state index is 0.345. The molecule has 1 unspecified atom stereocenters. The first-order chi connectivity index (χ1) is 9.04. The largest absolute Gasteiger partial charge is 0.271 e. The van der Waals surface area contributed by atoms with E-state index in [1.165, 1.54) is 6.07 Å². The van der Waals surface area contributed by atoms with Gasteiger partial charge in [-0.25, -0.2) is 9.82 Å². The second-order valence-corrected chi connectivity index (χ2v) is 6.06. The number of nitrogens with one attached hydrogen (secondary N) is 1. The Morgan fingerprint density at radius 3 is 2.58 bits per heavy atom. The molecule has 0 aliphatic heterocycles. The van der Waals surface area contributed by atoms with Crippen LogP contribution in [0.25, 0.3) is 0 Å². The van der Waals surface area contributed by atoms with Crippen LogP contribution in [-0.4, -0.2) is 0 Å². The Hall–Kier alpha value is -0.460. The smallest absolute Gasteiger partial charge is 0.128 e. The zero-order valence-electron chi connectivity index (χ0n) is 9.63. The van der Waals surface area contributed by atoms with E-state index in [2.05, 4.69) is 37.3 Å². The zero-order valence-corrected chi connectivity index (χ0v) is 13.6. The molecule has 6 heteroatoms. The lowest BCUT2D eigenvalue weighted by atomic mass is 9.99. The Balaban J connectivity index is 2.56. The monoisotopic (exact) mass is 406 g/mol. The molecule has 0 aromatic heterocycles. The standard InChI is InChI=1S/C13H10Br2ClFN2/c14-7-4-5-11(17)9(6-7)13(19-18)8-2-1-3-10(15)12(8)16/h1-6,13,19H,18H2. The van der Waals surface area contributed by atoms with Crippen LogP contribution >= 0.6 is 43.5 Å². The van der Waals surface area contributed by atoms with E-state index in [1.807, 2.05) is 12.1 Å². The molecule has 1 atom stereocenters. The van der Waals surface area contributed by atoms with Crippen LogP contribution < -0.4 is 11.3 Å². The molecule has 0 heterocycles. The minimum Gasteiger partial charge on any atom is -0.271 e. The molecule has 0 aliphatic carbocycles. The fraction of sp³-hybridized carbons (Fsp3) is 0.0769. The molecule has 0 radical (unpaired) electrons. The van der Waals surface area contributed by atoms with Crippen LogP contribution in [0.15, 0.2) is 45.3 Å². The minimum atomic E-state index is -0.525. The van der Waals surface area contributed by atoms with Crippen molar-refractivity contribution in [2.75, 3.05) is 0 Å². The van der Waals surface area contributed by atoms with Gasteiger partial charge in [0.1, 0.15) is 5.82 Å². The first kappa shape index (κ1) is 14.9. The zero-order chi connectivity index (χ0) is 14.0. The van der Waals surface area contributed by atoms with Gasteiger partial charge >= 0.3 is 0 Å². The highest BCUT2D eigenvalue weighted by Gasteiger charge is 2.20. The molecule has 2 aromatic rings. The second-order valence-electron chi connectivity index (χ2n) is 3.91. The summed E-state index contributed by atoms with van der Waals surface area (Å²) in [6, 6.07) is 9.62. The van der Waals surface area contributed by atoms with E-state index in [0.29, 0.717) is 16.1 Å². The quantitative estimate of drug-likeness (QED) is 0.577. The van der Waals surface area contributed by atoms with Crippen molar-refractivity contribution in [3.8, 4) is 0 Å². The molecule has 2 aromatic carbocycles. The van der Waals surface area contributed by atoms with Gasteiger partial charge in [0.25, 0.3) is 0 Å². The van der Waals surface area contributed by atoms with Gasteiger partial charge in [0, 0.05) is 14.5 Å². The first-order valence-electron chi connectivity index (χ1n) is 5.39. The maximum atomic E-state index is 14.0. The number of nitrogens with two attached hydrogens (primary N) is 1. The van der Waals surface area contributed by atoms with Crippen molar-refractivity contribution in [1.82, 2.24) is 5.43 Å². The summed E-state index contributed by atoms with van der Waals surface area (Å²) >= 11 is 12.9. The molecule has 2 rings (SSSR count). The highest BCUT2D eigenvalue weighted by atomic mass is 79.9. The van der Waals surface area contributed by atoms with Gasteiger partial charge in [0.2, 0.25) is 0 Å². The summed E-state index contributed by atoms with van der Waals surface area (Å²) < 4.78 is 15.5. The molecule has 19 heavy (non-hydrogen) atoms. The van der Waals surface area contributed by atoms with Crippen LogP contribution in [-0.2, 0) is 0 Å². The molecular weight excluding hydrogens is 398 g/mol. The lowest BCUT2D eigenvalue weighted by Gasteiger charge is -2.19. The maximum Gasteiger partial charge on any atom is 0.128 e. The second kappa shape index (κ2) is 6.33. The molecular formula is C13H10Br2ClFN2. The molecule has 0 spiro atoms. The average Bonchev–Trinajstić information content (AvgIpc) is 2.39.